The first-order chi connectivity index (χ1) is 14.6. The van der Waals surface area contributed by atoms with Crippen molar-refractivity contribution in [3.05, 3.63) is 77.6 Å². The van der Waals surface area contributed by atoms with Gasteiger partial charge in [0.05, 0.1) is 24.8 Å². The van der Waals surface area contributed by atoms with Crippen LogP contribution in [0, 0.1) is 5.82 Å². The zero-order valence-corrected chi connectivity index (χ0v) is 16.6. The zero-order valence-electron chi connectivity index (χ0n) is 16.6. The first kappa shape index (κ1) is 19.8. The van der Waals surface area contributed by atoms with Crippen molar-refractivity contribution < 1.29 is 18.4 Å². The highest BCUT2D eigenvalue weighted by Crippen LogP contribution is 2.37. The van der Waals surface area contributed by atoms with Crippen LogP contribution < -0.4 is 5.32 Å². The Labute approximate surface area is 173 Å². The van der Waals surface area contributed by atoms with Gasteiger partial charge in [-0.25, -0.2) is 9.18 Å². The maximum absolute atomic E-state index is 13.5. The molecule has 1 atom stereocenters. The Morgan fingerprint density at radius 1 is 1.17 bits per heavy atom. The van der Waals surface area contributed by atoms with Crippen LogP contribution in [0.25, 0.3) is 17.0 Å². The minimum atomic E-state index is -0.555. The number of carbonyl (C=O) groups excluding carboxylic acids is 1. The standard InChI is InChI=1S/C22H21FN4O3/c1-14-18(21-25-20(26-30-21)16-6-4-3-5-7-16)19(15-8-10-17(23)11-9-15)24-22(28)27(14)12-13-29-2/h3-11,19H,12-13H2,1-2H3,(H,24,28). The summed E-state index contributed by atoms with van der Waals surface area (Å²) in [6.45, 7) is 2.57. The summed E-state index contributed by atoms with van der Waals surface area (Å²) >= 11 is 0. The topological polar surface area (TPSA) is 80.5 Å². The maximum Gasteiger partial charge on any atom is 0.322 e. The number of rotatable bonds is 6. The van der Waals surface area contributed by atoms with E-state index in [9.17, 15) is 9.18 Å². The van der Waals surface area contributed by atoms with E-state index in [1.165, 1.54) is 12.1 Å². The van der Waals surface area contributed by atoms with Crippen LogP contribution in [-0.2, 0) is 4.74 Å². The number of nitrogens with zero attached hydrogens (tertiary/aromatic N) is 3. The molecule has 0 saturated carbocycles. The molecule has 2 aromatic carbocycles. The van der Waals surface area contributed by atoms with Gasteiger partial charge in [0.2, 0.25) is 5.82 Å². The van der Waals surface area contributed by atoms with Crippen LogP contribution in [-0.4, -0.2) is 41.3 Å². The molecule has 0 saturated heterocycles. The number of methoxy groups -OCH3 is 1. The van der Waals surface area contributed by atoms with Gasteiger partial charge < -0.3 is 14.6 Å². The average Bonchev–Trinajstić information content (AvgIpc) is 3.24. The normalized spacial score (nSPS) is 16.7. The van der Waals surface area contributed by atoms with E-state index >= 15 is 0 Å². The van der Waals surface area contributed by atoms with Gasteiger partial charge in [0.25, 0.3) is 5.89 Å². The van der Waals surface area contributed by atoms with Crippen molar-refractivity contribution in [1.82, 2.24) is 20.4 Å². The Morgan fingerprint density at radius 2 is 1.90 bits per heavy atom. The first-order valence-corrected chi connectivity index (χ1v) is 9.51. The lowest BCUT2D eigenvalue weighted by molar-refractivity contribution is 0.158. The lowest BCUT2D eigenvalue weighted by Gasteiger charge is -2.35. The zero-order chi connectivity index (χ0) is 21.1. The average molecular weight is 408 g/mol. The van der Waals surface area contributed by atoms with E-state index in [-0.39, 0.29) is 11.8 Å². The van der Waals surface area contributed by atoms with Gasteiger partial charge in [0.1, 0.15) is 5.82 Å². The highest BCUT2D eigenvalue weighted by molar-refractivity contribution is 5.86. The molecular formula is C22H21FN4O3. The van der Waals surface area contributed by atoms with E-state index in [1.54, 1.807) is 24.1 Å². The summed E-state index contributed by atoms with van der Waals surface area (Å²) in [6, 6.07) is 14.6. The van der Waals surface area contributed by atoms with E-state index in [1.807, 2.05) is 37.3 Å². The van der Waals surface area contributed by atoms with Crippen molar-refractivity contribution >= 4 is 11.6 Å². The molecule has 0 fully saturated rings. The predicted molar refractivity (Wildman–Crippen MR) is 109 cm³/mol. The molecular weight excluding hydrogens is 387 g/mol. The summed E-state index contributed by atoms with van der Waals surface area (Å²) in [6.07, 6.45) is 0. The second-order valence-electron chi connectivity index (χ2n) is 6.87. The predicted octanol–water partition coefficient (Wildman–Crippen LogP) is 4.02. The van der Waals surface area contributed by atoms with E-state index in [0.717, 1.165) is 5.56 Å². The summed E-state index contributed by atoms with van der Waals surface area (Å²) in [5.41, 5.74) is 2.87. The third-order valence-electron chi connectivity index (χ3n) is 5.01. The number of halogens is 1. The third-order valence-corrected chi connectivity index (χ3v) is 5.01. The Balaban J connectivity index is 1.79. The number of hydrogen-bond donors (Lipinski definition) is 1. The number of allylic oxidation sites excluding steroid dienone is 1. The molecule has 0 bridgehead atoms. The molecule has 0 aliphatic carbocycles. The van der Waals surface area contributed by atoms with Gasteiger partial charge in [-0.2, -0.15) is 4.98 Å². The monoisotopic (exact) mass is 408 g/mol. The van der Waals surface area contributed by atoms with E-state index in [2.05, 4.69) is 15.5 Å². The molecule has 30 heavy (non-hydrogen) atoms. The Bertz CT molecular complexity index is 1060. The Hall–Kier alpha value is -3.52. The molecule has 4 rings (SSSR count). The molecule has 1 aliphatic heterocycles. The largest absolute Gasteiger partial charge is 0.383 e. The molecule has 1 unspecified atom stereocenters. The number of nitrogens with one attached hydrogen (secondary N) is 1. The van der Waals surface area contributed by atoms with Crippen molar-refractivity contribution in [1.29, 1.82) is 0 Å². The SMILES string of the molecule is COCCN1C(=O)NC(c2ccc(F)cc2)C(c2nc(-c3ccccc3)no2)=C1C. The van der Waals surface area contributed by atoms with Gasteiger partial charge in [-0.1, -0.05) is 47.6 Å². The molecule has 154 valence electrons. The summed E-state index contributed by atoms with van der Waals surface area (Å²) in [5.74, 6) is 0.390. The number of aromatic nitrogens is 2. The van der Waals surface area contributed by atoms with Crippen molar-refractivity contribution in [2.45, 2.75) is 13.0 Å². The van der Waals surface area contributed by atoms with Crippen LogP contribution in [0.15, 0.2) is 64.8 Å². The molecule has 7 nitrogen and oxygen atoms in total. The molecule has 1 aromatic heterocycles. The van der Waals surface area contributed by atoms with Crippen LogP contribution in [0.3, 0.4) is 0 Å². The minimum Gasteiger partial charge on any atom is -0.383 e. The quantitative estimate of drug-likeness (QED) is 0.666. The summed E-state index contributed by atoms with van der Waals surface area (Å²) in [5, 5.41) is 7.07. The number of amides is 2. The van der Waals surface area contributed by atoms with Crippen LogP contribution in [0.5, 0.6) is 0 Å². The lowest BCUT2D eigenvalue weighted by atomic mass is 9.94. The van der Waals surface area contributed by atoms with Gasteiger partial charge >= 0.3 is 6.03 Å². The van der Waals surface area contributed by atoms with Crippen LogP contribution in [0.2, 0.25) is 0 Å². The lowest BCUT2D eigenvalue weighted by Crippen LogP contribution is -2.47. The molecule has 2 amide bonds. The molecule has 3 aromatic rings. The highest BCUT2D eigenvalue weighted by atomic mass is 19.1. The number of carbonyl (C=O) groups is 1. The fraction of sp³-hybridized carbons (Fsp3) is 0.227. The van der Waals surface area contributed by atoms with Crippen LogP contribution in [0.1, 0.15) is 24.4 Å². The second kappa shape index (κ2) is 8.46. The van der Waals surface area contributed by atoms with E-state index < -0.39 is 6.04 Å². The number of hydrogen-bond acceptors (Lipinski definition) is 5. The molecule has 8 heteroatoms. The minimum absolute atomic E-state index is 0.273. The van der Waals surface area contributed by atoms with Gasteiger partial charge in [0, 0.05) is 18.4 Å². The molecule has 0 spiro atoms. The Kier molecular flexibility index (Phi) is 5.58. The fourth-order valence-electron chi connectivity index (χ4n) is 3.45. The van der Waals surface area contributed by atoms with Crippen molar-refractivity contribution in [3.8, 4) is 11.4 Å². The number of ether oxygens (including phenoxy) is 1. The van der Waals surface area contributed by atoms with Crippen LogP contribution >= 0.6 is 0 Å². The smallest absolute Gasteiger partial charge is 0.322 e. The molecule has 1 aliphatic rings. The first-order valence-electron chi connectivity index (χ1n) is 9.51. The molecule has 0 radical (unpaired) electrons. The van der Waals surface area contributed by atoms with Crippen molar-refractivity contribution in [2.24, 2.45) is 0 Å². The van der Waals surface area contributed by atoms with Crippen molar-refractivity contribution in [2.75, 3.05) is 20.3 Å². The number of urea groups is 1. The van der Waals surface area contributed by atoms with E-state index in [0.29, 0.717) is 41.7 Å². The number of benzene rings is 2. The Morgan fingerprint density at radius 3 is 2.60 bits per heavy atom. The van der Waals surface area contributed by atoms with E-state index in [4.69, 9.17) is 9.26 Å². The highest BCUT2D eigenvalue weighted by Gasteiger charge is 2.35. The van der Waals surface area contributed by atoms with Crippen molar-refractivity contribution in [3.63, 3.8) is 0 Å². The maximum atomic E-state index is 13.5. The molecule has 2 heterocycles. The summed E-state index contributed by atoms with van der Waals surface area (Å²) < 4.78 is 24.2. The summed E-state index contributed by atoms with van der Waals surface area (Å²) in [7, 11) is 1.58. The fourth-order valence-corrected chi connectivity index (χ4v) is 3.45. The van der Waals surface area contributed by atoms with Crippen LogP contribution in [0.4, 0.5) is 9.18 Å². The third kappa shape index (κ3) is 3.81. The second-order valence-corrected chi connectivity index (χ2v) is 6.87. The molecule has 1 N–H and O–H groups in total. The van der Waals surface area contributed by atoms with Gasteiger partial charge in [-0.15, -0.1) is 0 Å². The summed E-state index contributed by atoms with van der Waals surface area (Å²) in [4.78, 5) is 18.9. The van der Waals surface area contributed by atoms with Gasteiger partial charge in [0.15, 0.2) is 0 Å². The van der Waals surface area contributed by atoms with Gasteiger partial charge in [-0.05, 0) is 24.6 Å². The van der Waals surface area contributed by atoms with Gasteiger partial charge in [-0.3, -0.25) is 4.90 Å².